The van der Waals surface area contributed by atoms with Crippen LogP contribution in [0.5, 0.6) is 0 Å². The molecule has 0 spiro atoms. The normalized spacial score (nSPS) is 29.4. The fourth-order valence-electron chi connectivity index (χ4n) is 3.47. The minimum atomic E-state index is -3.29. The van der Waals surface area contributed by atoms with Gasteiger partial charge < -0.3 is 5.73 Å². The molecule has 0 unspecified atom stereocenters. The second-order valence-corrected chi connectivity index (χ2v) is 7.82. The van der Waals surface area contributed by atoms with E-state index in [4.69, 9.17) is 5.73 Å². The lowest BCUT2D eigenvalue weighted by molar-refractivity contribution is 0.123. The summed E-state index contributed by atoms with van der Waals surface area (Å²) in [4.78, 5) is 0. The molecule has 0 bridgehead atoms. The van der Waals surface area contributed by atoms with Crippen molar-refractivity contribution in [3.63, 3.8) is 0 Å². The quantitative estimate of drug-likeness (QED) is 0.826. The average Bonchev–Trinajstić information content (AvgIpc) is 2.43. The summed E-state index contributed by atoms with van der Waals surface area (Å²) < 4.78 is 28.6. The van der Waals surface area contributed by atoms with E-state index in [2.05, 4.69) is 0 Å². The molecule has 112 valence electrons. The van der Waals surface area contributed by atoms with E-state index < -0.39 is 10.2 Å². The number of fused-ring (bicyclic) bond motifs is 1. The number of nitrogens with two attached hydrogens (primary N) is 1. The van der Waals surface area contributed by atoms with E-state index in [1.165, 1.54) is 30.0 Å². The molecule has 6 heteroatoms. The molecule has 5 nitrogen and oxygen atoms in total. The molecule has 2 atom stereocenters. The number of rotatable bonds is 5. The van der Waals surface area contributed by atoms with Gasteiger partial charge in [-0.15, -0.1) is 0 Å². The molecular weight excluding hydrogens is 262 g/mol. The topological polar surface area (TPSA) is 66.6 Å². The van der Waals surface area contributed by atoms with Crippen LogP contribution in [0.4, 0.5) is 0 Å². The molecule has 19 heavy (non-hydrogen) atoms. The second kappa shape index (κ2) is 6.52. The van der Waals surface area contributed by atoms with Crippen LogP contribution in [0.3, 0.4) is 0 Å². The van der Waals surface area contributed by atoms with Crippen molar-refractivity contribution in [2.75, 3.05) is 26.7 Å². The molecule has 1 saturated carbocycles. The van der Waals surface area contributed by atoms with Gasteiger partial charge >= 0.3 is 0 Å². The van der Waals surface area contributed by atoms with Crippen LogP contribution in [-0.4, -0.2) is 49.8 Å². The summed E-state index contributed by atoms with van der Waals surface area (Å²) in [5.74, 6) is 0.584. The first-order chi connectivity index (χ1) is 9.07. The maximum Gasteiger partial charge on any atom is 0.281 e. The molecular formula is C13H27N3O2S. The van der Waals surface area contributed by atoms with Crippen molar-refractivity contribution in [2.45, 2.75) is 51.0 Å². The lowest BCUT2D eigenvalue weighted by Crippen LogP contribution is -2.53. The minimum absolute atomic E-state index is 0.243. The number of hydrogen-bond donors (Lipinski definition) is 1. The molecule has 0 amide bonds. The van der Waals surface area contributed by atoms with Gasteiger partial charge in [0.05, 0.1) is 0 Å². The molecule has 1 aliphatic heterocycles. The molecule has 2 rings (SSSR count). The number of nitrogens with zero attached hydrogens (tertiary/aromatic N) is 2. The Morgan fingerprint density at radius 1 is 1.21 bits per heavy atom. The fraction of sp³-hybridized carbons (Fsp3) is 1.00. The molecule has 1 aliphatic carbocycles. The largest absolute Gasteiger partial charge is 0.330 e. The van der Waals surface area contributed by atoms with Crippen LogP contribution in [0.15, 0.2) is 0 Å². The summed E-state index contributed by atoms with van der Waals surface area (Å²) >= 11 is 0. The molecule has 2 fully saturated rings. The number of hydrogen-bond acceptors (Lipinski definition) is 3. The first-order valence-electron chi connectivity index (χ1n) is 7.50. The van der Waals surface area contributed by atoms with Crippen molar-refractivity contribution in [3.8, 4) is 0 Å². The van der Waals surface area contributed by atoms with Gasteiger partial charge in [-0.1, -0.05) is 12.8 Å². The van der Waals surface area contributed by atoms with Crippen molar-refractivity contribution in [1.82, 2.24) is 8.61 Å². The Bertz CT molecular complexity index is 383. The molecule has 1 saturated heterocycles. The minimum Gasteiger partial charge on any atom is -0.330 e. The average molecular weight is 289 g/mol. The van der Waals surface area contributed by atoms with Gasteiger partial charge in [-0.25, -0.2) is 0 Å². The van der Waals surface area contributed by atoms with Crippen LogP contribution in [-0.2, 0) is 10.2 Å². The highest BCUT2D eigenvalue weighted by atomic mass is 32.2. The SMILES string of the molecule is CN(CCCN)S(=O)(=O)N1CCC[C@H]2CCCC[C@H]21. The van der Waals surface area contributed by atoms with Crippen LogP contribution in [0.25, 0.3) is 0 Å². The Balaban J connectivity index is 2.09. The van der Waals surface area contributed by atoms with Crippen LogP contribution < -0.4 is 5.73 Å². The summed E-state index contributed by atoms with van der Waals surface area (Å²) in [6, 6.07) is 0.243. The zero-order valence-corrected chi connectivity index (χ0v) is 12.7. The molecule has 1 heterocycles. The summed E-state index contributed by atoms with van der Waals surface area (Å²) in [5.41, 5.74) is 5.47. The standard InChI is InChI=1S/C13H27N3O2S/c1-15(10-5-9-14)19(17,18)16-11-4-7-12-6-2-3-8-13(12)16/h12-13H,2-11,14H2,1H3/t12-,13-/m1/s1. The second-order valence-electron chi connectivity index (χ2n) is 5.84. The lowest BCUT2D eigenvalue weighted by atomic mass is 9.79. The molecule has 0 aromatic heterocycles. The highest BCUT2D eigenvalue weighted by Crippen LogP contribution is 2.37. The smallest absolute Gasteiger partial charge is 0.281 e. The van der Waals surface area contributed by atoms with Crippen LogP contribution >= 0.6 is 0 Å². The van der Waals surface area contributed by atoms with E-state index in [1.54, 1.807) is 11.4 Å². The third-order valence-electron chi connectivity index (χ3n) is 4.56. The predicted molar refractivity (Wildman–Crippen MR) is 76.9 cm³/mol. The Kier molecular flexibility index (Phi) is 5.22. The Hall–Kier alpha value is -0.170. The van der Waals surface area contributed by atoms with E-state index in [9.17, 15) is 8.42 Å². The van der Waals surface area contributed by atoms with E-state index in [0.29, 0.717) is 25.6 Å². The van der Waals surface area contributed by atoms with Gasteiger partial charge in [-0.3, -0.25) is 0 Å². The first-order valence-corrected chi connectivity index (χ1v) is 8.90. The Labute approximate surface area is 117 Å². The van der Waals surface area contributed by atoms with Crippen molar-refractivity contribution in [2.24, 2.45) is 11.7 Å². The molecule has 2 N–H and O–H groups in total. The summed E-state index contributed by atoms with van der Waals surface area (Å²) in [5, 5.41) is 0. The van der Waals surface area contributed by atoms with Gasteiger partial charge in [0.15, 0.2) is 0 Å². The van der Waals surface area contributed by atoms with Crippen LogP contribution in [0, 0.1) is 5.92 Å². The summed E-state index contributed by atoms with van der Waals surface area (Å²) in [6.07, 6.45) is 7.58. The third-order valence-corrected chi connectivity index (χ3v) is 6.58. The van der Waals surface area contributed by atoms with E-state index in [1.807, 2.05) is 0 Å². The van der Waals surface area contributed by atoms with Gasteiger partial charge in [0, 0.05) is 26.2 Å². The van der Waals surface area contributed by atoms with Gasteiger partial charge in [0.1, 0.15) is 0 Å². The zero-order valence-electron chi connectivity index (χ0n) is 11.9. The maximum atomic E-state index is 12.7. The number of piperidine rings is 1. The summed E-state index contributed by atoms with van der Waals surface area (Å²) in [7, 11) is -1.62. The predicted octanol–water partition coefficient (Wildman–Crippen LogP) is 1.17. The van der Waals surface area contributed by atoms with Gasteiger partial charge in [-0.2, -0.15) is 17.0 Å². The highest BCUT2D eigenvalue weighted by molar-refractivity contribution is 7.86. The van der Waals surface area contributed by atoms with E-state index >= 15 is 0 Å². The monoisotopic (exact) mass is 289 g/mol. The van der Waals surface area contributed by atoms with E-state index in [-0.39, 0.29) is 6.04 Å². The molecule has 0 aromatic rings. The van der Waals surface area contributed by atoms with Crippen molar-refractivity contribution in [3.05, 3.63) is 0 Å². The Morgan fingerprint density at radius 2 is 1.89 bits per heavy atom. The van der Waals surface area contributed by atoms with Crippen LogP contribution in [0.1, 0.15) is 44.9 Å². The maximum absolute atomic E-state index is 12.7. The Morgan fingerprint density at radius 3 is 2.63 bits per heavy atom. The van der Waals surface area contributed by atoms with E-state index in [0.717, 1.165) is 19.3 Å². The van der Waals surface area contributed by atoms with Crippen LogP contribution in [0.2, 0.25) is 0 Å². The third kappa shape index (κ3) is 3.29. The van der Waals surface area contributed by atoms with Gasteiger partial charge in [-0.05, 0) is 44.6 Å². The molecule has 0 radical (unpaired) electrons. The molecule has 0 aromatic carbocycles. The van der Waals surface area contributed by atoms with Crippen molar-refractivity contribution >= 4 is 10.2 Å². The zero-order chi connectivity index (χ0) is 13.9. The lowest BCUT2D eigenvalue weighted by Gasteiger charge is -2.44. The fourth-order valence-corrected chi connectivity index (χ4v) is 5.17. The summed E-state index contributed by atoms with van der Waals surface area (Å²) in [6.45, 7) is 1.75. The van der Waals surface area contributed by atoms with Crippen molar-refractivity contribution < 1.29 is 8.42 Å². The first kappa shape index (κ1) is 15.2. The molecule has 2 aliphatic rings. The highest BCUT2D eigenvalue weighted by Gasteiger charge is 2.40. The van der Waals surface area contributed by atoms with Gasteiger partial charge in [0.2, 0.25) is 0 Å². The van der Waals surface area contributed by atoms with Gasteiger partial charge in [0.25, 0.3) is 10.2 Å². The van der Waals surface area contributed by atoms with Crippen molar-refractivity contribution in [1.29, 1.82) is 0 Å².